The molecule has 0 heterocycles. The maximum absolute atomic E-state index is 12.4. The SMILES string of the molecule is CCCNC(=O)CN(C)[C@H](C)C(=O)Nc1ccc(S(=O)(=O)NC(C)C)cc1. The van der Waals surface area contributed by atoms with Gasteiger partial charge >= 0.3 is 0 Å². The molecule has 0 aromatic heterocycles. The summed E-state index contributed by atoms with van der Waals surface area (Å²) in [5.41, 5.74) is 0.485. The third kappa shape index (κ3) is 7.66. The number of nitrogens with one attached hydrogen (secondary N) is 3. The van der Waals surface area contributed by atoms with Crippen LogP contribution in [0.25, 0.3) is 0 Å². The van der Waals surface area contributed by atoms with Crippen molar-refractivity contribution in [2.75, 3.05) is 25.5 Å². The largest absolute Gasteiger partial charge is 0.355 e. The van der Waals surface area contributed by atoms with Crippen LogP contribution in [0.2, 0.25) is 0 Å². The van der Waals surface area contributed by atoms with Crippen LogP contribution in [0.3, 0.4) is 0 Å². The van der Waals surface area contributed by atoms with Gasteiger partial charge in [0.15, 0.2) is 0 Å². The molecule has 152 valence electrons. The highest BCUT2D eigenvalue weighted by Gasteiger charge is 2.20. The van der Waals surface area contributed by atoms with Gasteiger partial charge < -0.3 is 10.6 Å². The highest BCUT2D eigenvalue weighted by Crippen LogP contribution is 2.15. The van der Waals surface area contributed by atoms with Crippen molar-refractivity contribution in [3.63, 3.8) is 0 Å². The van der Waals surface area contributed by atoms with Gasteiger partial charge in [-0.2, -0.15) is 0 Å². The second-order valence-corrected chi connectivity index (χ2v) is 8.44. The normalized spacial score (nSPS) is 12.9. The number of sulfonamides is 1. The van der Waals surface area contributed by atoms with Gasteiger partial charge in [-0.05, 0) is 58.5 Å². The highest BCUT2D eigenvalue weighted by molar-refractivity contribution is 7.89. The van der Waals surface area contributed by atoms with Gasteiger partial charge in [0.05, 0.1) is 17.5 Å². The van der Waals surface area contributed by atoms with Crippen LogP contribution in [0.5, 0.6) is 0 Å². The summed E-state index contributed by atoms with van der Waals surface area (Å²) >= 11 is 0. The number of likely N-dealkylation sites (N-methyl/N-ethyl adjacent to an activating group) is 1. The molecule has 0 fully saturated rings. The van der Waals surface area contributed by atoms with Gasteiger partial charge in [-0.25, -0.2) is 13.1 Å². The van der Waals surface area contributed by atoms with E-state index in [-0.39, 0.29) is 29.3 Å². The van der Waals surface area contributed by atoms with Crippen molar-refractivity contribution in [1.29, 1.82) is 0 Å². The fourth-order valence-corrected chi connectivity index (χ4v) is 3.48. The molecule has 9 heteroatoms. The first-order valence-electron chi connectivity index (χ1n) is 8.97. The average molecular weight is 399 g/mol. The van der Waals surface area contributed by atoms with Crippen LogP contribution in [0.15, 0.2) is 29.2 Å². The van der Waals surface area contributed by atoms with Gasteiger partial charge in [0.2, 0.25) is 21.8 Å². The van der Waals surface area contributed by atoms with Crippen molar-refractivity contribution in [3.8, 4) is 0 Å². The lowest BCUT2D eigenvalue weighted by Gasteiger charge is -2.23. The number of benzene rings is 1. The molecule has 3 N–H and O–H groups in total. The fourth-order valence-electron chi connectivity index (χ4n) is 2.23. The lowest BCUT2D eigenvalue weighted by molar-refractivity contribution is -0.124. The topological polar surface area (TPSA) is 108 Å². The Balaban J connectivity index is 2.67. The molecule has 0 aliphatic carbocycles. The summed E-state index contributed by atoms with van der Waals surface area (Å²) in [6.07, 6.45) is 0.851. The zero-order chi connectivity index (χ0) is 20.6. The Hall–Kier alpha value is -1.97. The predicted molar refractivity (Wildman–Crippen MR) is 106 cm³/mol. The quantitative estimate of drug-likeness (QED) is 0.548. The monoisotopic (exact) mass is 398 g/mol. The van der Waals surface area contributed by atoms with Gasteiger partial charge in [0, 0.05) is 18.3 Å². The minimum Gasteiger partial charge on any atom is -0.355 e. The molecule has 0 aliphatic rings. The molecule has 1 aromatic carbocycles. The molecule has 8 nitrogen and oxygen atoms in total. The first-order valence-corrected chi connectivity index (χ1v) is 10.4. The molecular weight excluding hydrogens is 368 g/mol. The van der Waals surface area contributed by atoms with Crippen molar-refractivity contribution >= 4 is 27.5 Å². The van der Waals surface area contributed by atoms with E-state index in [1.807, 2.05) is 6.92 Å². The minimum atomic E-state index is -3.57. The summed E-state index contributed by atoms with van der Waals surface area (Å²) in [6, 6.07) is 5.21. The van der Waals surface area contributed by atoms with E-state index < -0.39 is 16.1 Å². The highest BCUT2D eigenvalue weighted by atomic mass is 32.2. The molecule has 0 spiro atoms. The van der Waals surface area contributed by atoms with E-state index >= 15 is 0 Å². The van der Waals surface area contributed by atoms with E-state index in [9.17, 15) is 18.0 Å². The standard InChI is InChI=1S/C18H30N4O4S/c1-6-11-19-17(23)12-22(5)14(4)18(24)20-15-7-9-16(10-8-15)27(25,26)21-13(2)3/h7-10,13-14,21H,6,11-12H2,1-5H3,(H,19,23)(H,20,24)/t14-/m1/s1. The van der Waals surface area contributed by atoms with Crippen molar-refractivity contribution < 1.29 is 18.0 Å². The Bertz CT molecular complexity index is 732. The predicted octanol–water partition coefficient (Wildman–Crippen LogP) is 1.16. The van der Waals surface area contributed by atoms with Gasteiger partial charge in [-0.3, -0.25) is 14.5 Å². The number of nitrogens with zero attached hydrogens (tertiary/aromatic N) is 1. The average Bonchev–Trinajstić information content (AvgIpc) is 2.58. The van der Waals surface area contributed by atoms with Crippen molar-refractivity contribution in [2.45, 2.75) is 51.1 Å². The fraction of sp³-hybridized carbons (Fsp3) is 0.556. The van der Waals surface area contributed by atoms with E-state index in [0.717, 1.165) is 6.42 Å². The molecular formula is C18H30N4O4S. The number of rotatable bonds is 10. The molecule has 0 radical (unpaired) electrons. The lowest BCUT2D eigenvalue weighted by atomic mass is 10.2. The molecule has 1 atom stereocenters. The van der Waals surface area contributed by atoms with E-state index in [0.29, 0.717) is 12.2 Å². The maximum atomic E-state index is 12.4. The Kier molecular flexibility index (Phi) is 8.87. The van der Waals surface area contributed by atoms with Gasteiger partial charge in [0.25, 0.3) is 0 Å². The molecule has 1 rings (SSSR count). The van der Waals surface area contributed by atoms with Crippen LogP contribution < -0.4 is 15.4 Å². The summed E-state index contributed by atoms with van der Waals surface area (Å²) in [4.78, 5) is 25.9. The summed E-state index contributed by atoms with van der Waals surface area (Å²) in [5.74, 6) is -0.414. The van der Waals surface area contributed by atoms with Crippen LogP contribution in [0, 0.1) is 0 Å². The minimum absolute atomic E-state index is 0.118. The van der Waals surface area contributed by atoms with Crippen LogP contribution >= 0.6 is 0 Å². The summed E-state index contributed by atoms with van der Waals surface area (Å²) in [5, 5.41) is 5.50. The summed E-state index contributed by atoms with van der Waals surface area (Å²) in [7, 11) is -1.87. The molecule has 1 aromatic rings. The van der Waals surface area contributed by atoms with Gasteiger partial charge in [-0.1, -0.05) is 6.92 Å². The van der Waals surface area contributed by atoms with Crippen LogP contribution in [-0.4, -0.2) is 57.4 Å². The summed E-state index contributed by atoms with van der Waals surface area (Å²) < 4.78 is 26.7. The number of carbonyl (C=O) groups is 2. The molecule has 2 amide bonds. The molecule has 27 heavy (non-hydrogen) atoms. The number of amides is 2. The van der Waals surface area contributed by atoms with Crippen LogP contribution in [-0.2, 0) is 19.6 Å². The van der Waals surface area contributed by atoms with E-state index in [2.05, 4.69) is 15.4 Å². The van der Waals surface area contributed by atoms with Crippen molar-refractivity contribution in [2.24, 2.45) is 0 Å². The maximum Gasteiger partial charge on any atom is 0.241 e. The molecule has 0 unspecified atom stereocenters. The third-order valence-corrected chi connectivity index (χ3v) is 5.50. The third-order valence-electron chi connectivity index (χ3n) is 3.83. The Morgan fingerprint density at radius 1 is 1.11 bits per heavy atom. The van der Waals surface area contributed by atoms with E-state index in [1.165, 1.54) is 24.3 Å². The number of hydrogen-bond acceptors (Lipinski definition) is 5. The van der Waals surface area contributed by atoms with E-state index in [1.54, 1.807) is 32.7 Å². The smallest absolute Gasteiger partial charge is 0.241 e. The summed E-state index contributed by atoms with van der Waals surface area (Å²) in [6.45, 7) is 7.88. The second kappa shape index (κ2) is 10.4. The van der Waals surface area contributed by atoms with E-state index in [4.69, 9.17) is 0 Å². The first kappa shape index (κ1) is 23.1. The zero-order valence-electron chi connectivity index (χ0n) is 16.6. The van der Waals surface area contributed by atoms with Crippen molar-refractivity contribution in [3.05, 3.63) is 24.3 Å². The lowest BCUT2D eigenvalue weighted by Crippen LogP contribution is -2.44. The second-order valence-electron chi connectivity index (χ2n) is 6.73. The number of anilines is 1. The van der Waals surface area contributed by atoms with Gasteiger partial charge in [0.1, 0.15) is 0 Å². The Morgan fingerprint density at radius 3 is 2.22 bits per heavy atom. The van der Waals surface area contributed by atoms with Crippen molar-refractivity contribution in [1.82, 2.24) is 14.9 Å². The number of carbonyl (C=O) groups excluding carboxylic acids is 2. The van der Waals surface area contributed by atoms with Gasteiger partial charge in [-0.15, -0.1) is 0 Å². The van der Waals surface area contributed by atoms with Crippen LogP contribution in [0.4, 0.5) is 5.69 Å². The molecule has 0 saturated heterocycles. The van der Waals surface area contributed by atoms with Crippen LogP contribution in [0.1, 0.15) is 34.1 Å². The first-order chi connectivity index (χ1) is 12.6. The number of hydrogen-bond donors (Lipinski definition) is 3. The zero-order valence-corrected chi connectivity index (χ0v) is 17.4. The molecule has 0 saturated carbocycles. The Labute approximate surface area is 161 Å². The Morgan fingerprint density at radius 2 is 1.70 bits per heavy atom. The molecule has 0 bridgehead atoms. The molecule has 0 aliphatic heterocycles.